The smallest absolute Gasteiger partial charge is 0.254 e. The Bertz CT molecular complexity index is 815. The Kier molecular flexibility index (Phi) is 4.34. The second kappa shape index (κ2) is 6.27. The molecule has 0 bridgehead atoms. The Balaban J connectivity index is 1.74. The van der Waals surface area contributed by atoms with Gasteiger partial charge in [-0.1, -0.05) is 25.8 Å². The molecule has 1 fully saturated rings. The van der Waals surface area contributed by atoms with Crippen LogP contribution in [0, 0.1) is 5.92 Å². The lowest BCUT2D eigenvalue weighted by Gasteiger charge is -2.29. The molecular weight excluding hydrogens is 316 g/mol. The number of amides is 1. The predicted molar refractivity (Wildman–Crippen MR) is 84.6 cm³/mol. The van der Waals surface area contributed by atoms with Crippen LogP contribution in [0.3, 0.4) is 0 Å². The van der Waals surface area contributed by atoms with E-state index in [1.165, 1.54) is 4.40 Å². The van der Waals surface area contributed by atoms with Crippen molar-refractivity contribution in [3.05, 3.63) is 24.4 Å². The number of hydrogen-bond acceptors (Lipinski definition) is 5. The number of rotatable bonds is 4. The average Bonchev–Trinajstić information content (AvgIpc) is 2.94. The zero-order chi connectivity index (χ0) is 16.4. The number of hydrogen-bond donors (Lipinski definition) is 1. The van der Waals surface area contributed by atoms with Crippen LogP contribution >= 0.6 is 0 Å². The summed E-state index contributed by atoms with van der Waals surface area (Å²) in [7, 11) is -3.83. The molecule has 1 aliphatic rings. The SMILES string of the molecule is C[C@H]1CCCC[C@H]1NC(=O)CS(=O)(=O)c1nnc2ccccn12. The molecule has 2 atom stereocenters. The van der Waals surface area contributed by atoms with E-state index in [4.69, 9.17) is 0 Å². The Hall–Kier alpha value is -1.96. The molecule has 3 rings (SSSR count). The number of carbonyl (C=O) groups excluding carboxylic acids is 1. The van der Waals surface area contributed by atoms with Crippen LogP contribution < -0.4 is 5.32 Å². The molecule has 0 aliphatic heterocycles. The lowest BCUT2D eigenvalue weighted by molar-refractivity contribution is -0.119. The summed E-state index contributed by atoms with van der Waals surface area (Å²) in [5.74, 6) is -0.702. The Morgan fingerprint density at radius 3 is 2.87 bits per heavy atom. The van der Waals surface area contributed by atoms with Gasteiger partial charge in [0.1, 0.15) is 5.75 Å². The molecule has 1 N–H and O–H groups in total. The maximum atomic E-state index is 12.5. The van der Waals surface area contributed by atoms with Gasteiger partial charge >= 0.3 is 0 Å². The largest absolute Gasteiger partial charge is 0.352 e. The minimum absolute atomic E-state index is 0.0570. The maximum Gasteiger partial charge on any atom is 0.254 e. The fourth-order valence-corrected chi connectivity index (χ4v) is 4.22. The first-order valence-electron chi connectivity index (χ1n) is 7.79. The molecule has 0 spiro atoms. The van der Waals surface area contributed by atoms with Crippen LogP contribution in [0.1, 0.15) is 32.6 Å². The number of carbonyl (C=O) groups is 1. The molecule has 0 aromatic carbocycles. The highest BCUT2D eigenvalue weighted by atomic mass is 32.2. The van der Waals surface area contributed by atoms with Crippen molar-refractivity contribution >= 4 is 21.4 Å². The highest BCUT2D eigenvalue weighted by molar-refractivity contribution is 7.91. The van der Waals surface area contributed by atoms with Crippen LogP contribution in [0.25, 0.3) is 5.65 Å². The summed E-state index contributed by atoms with van der Waals surface area (Å²) < 4.78 is 26.3. The lowest BCUT2D eigenvalue weighted by Crippen LogP contribution is -2.43. The summed E-state index contributed by atoms with van der Waals surface area (Å²) in [6.07, 6.45) is 5.77. The monoisotopic (exact) mass is 336 g/mol. The van der Waals surface area contributed by atoms with E-state index in [1.54, 1.807) is 24.4 Å². The second-order valence-electron chi connectivity index (χ2n) is 6.11. The van der Waals surface area contributed by atoms with Crippen LogP contribution in [0.15, 0.2) is 29.6 Å². The Morgan fingerprint density at radius 2 is 2.09 bits per heavy atom. The third-order valence-electron chi connectivity index (χ3n) is 4.34. The Morgan fingerprint density at radius 1 is 1.30 bits per heavy atom. The van der Waals surface area contributed by atoms with Crippen molar-refractivity contribution in [3.8, 4) is 0 Å². The van der Waals surface area contributed by atoms with Crippen LogP contribution in [-0.4, -0.2) is 40.7 Å². The van der Waals surface area contributed by atoms with E-state index in [0.29, 0.717) is 11.6 Å². The van der Waals surface area contributed by atoms with Gasteiger partial charge in [0.15, 0.2) is 5.65 Å². The molecule has 1 amide bonds. The van der Waals surface area contributed by atoms with E-state index in [1.807, 2.05) is 0 Å². The Labute approximate surface area is 135 Å². The molecule has 7 nitrogen and oxygen atoms in total. The summed E-state index contributed by atoms with van der Waals surface area (Å²) in [6, 6.07) is 5.16. The first-order valence-corrected chi connectivity index (χ1v) is 9.44. The predicted octanol–water partition coefficient (Wildman–Crippen LogP) is 1.20. The third kappa shape index (κ3) is 3.36. The van der Waals surface area contributed by atoms with Gasteiger partial charge in [0, 0.05) is 12.2 Å². The number of sulfone groups is 1. The van der Waals surface area contributed by atoms with Gasteiger partial charge in [0.05, 0.1) is 0 Å². The summed E-state index contributed by atoms with van der Waals surface area (Å²) >= 11 is 0. The fraction of sp³-hybridized carbons (Fsp3) is 0.533. The number of aromatic nitrogens is 3. The standard InChI is InChI=1S/C15H20N4O3S/c1-11-6-2-3-7-12(11)16-14(20)10-23(21,22)15-18-17-13-8-4-5-9-19(13)15/h4-5,8-9,11-12H,2-3,6-7,10H2,1H3,(H,16,20)/t11-,12+/m0/s1. The summed E-state index contributed by atoms with van der Waals surface area (Å²) in [6.45, 7) is 2.09. The minimum Gasteiger partial charge on any atom is -0.352 e. The van der Waals surface area contributed by atoms with Crippen molar-refractivity contribution in [1.82, 2.24) is 19.9 Å². The van der Waals surface area contributed by atoms with Gasteiger partial charge in [-0.3, -0.25) is 9.20 Å². The zero-order valence-electron chi connectivity index (χ0n) is 13.0. The van der Waals surface area contributed by atoms with Gasteiger partial charge in [-0.2, -0.15) is 0 Å². The van der Waals surface area contributed by atoms with Gasteiger partial charge in [-0.05, 0) is 30.9 Å². The van der Waals surface area contributed by atoms with Gasteiger partial charge in [0.2, 0.25) is 15.7 Å². The van der Waals surface area contributed by atoms with Crippen LogP contribution in [0.2, 0.25) is 0 Å². The fourth-order valence-electron chi connectivity index (χ4n) is 3.05. The van der Waals surface area contributed by atoms with Gasteiger partial charge in [0.25, 0.3) is 5.16 Å². The maximum absolute atomic E-state index is 12.5. The summed E-state index contributed by atoms with van der Waals surface area (Å²) in [4.78, 5) is 12.2. The first kappa shape index (κ1) is 15.9. The van der Waals surface area contributed by atoms with Crippen molar-refractivity contribution in [2.24, 2.45) is 5.92 Å². The van der Waals surface area contributed by atoms with Crippen molar-refractivity contribution < 1.29 is 13.2 Å². The molecule has 1 saturated carbocycles. The molecule has 2 aromatic heterocycles. The highest BCUT2D eigenvalue weighted by Crippen LogP contribution is 2.23. The van der Waals surface area contributed by atoms with Crippen molar-refractivity contribution in [2.75, 3.05) is 5.75 Å². The molecule has 0 radical (unpaired) electrons. The number of pyridine rings is 1. The first-order chi connectivity index (χ1) is 11.0. The van der Waals surface area contributed by atoms with E-state index in [-0.39, 0.29) is 11.2 Å². The zero-order valence-corrected chi connectivity index (χ0v) is 13.8. The minimum atomic E-state index is -3.83. The third-order valence-corrected chi connectivity index (χ3v) is 5.82. The molecule has 1 aliphatic carbocycles. The molecule has 23 heavy (non-hydrogen) atoms. The van der Waals surface area contributed by atoms with Gasteiger partial charge < -0.3 is 5.32 Å². The van der Waals surface area contributed by atoms with E-state index in [0.717, 1.165) is 25.7 Å². The van der Waals surface area contributed by atoms with Crippen LogP contribution in [0.5, 0.6) is 0 Å². The van der Waals surface area contributed by atoms with Gasteiger partial charge in [-0.25, -0.2) is 8.42 Å². The number of nitrogens with zero attached hydrogens (tertiary/aromatic N) is 3. The molecule has 2 aromatic rings. The molecule has 2 heterocycles. The van der Waals surface area contributed by atoms with E-state index >= 15 is 0 Å². The van der Waals surface area contributed by atoms with Crippen LogP contribution in [-0.2, 0) is 14.6 Å². The number of nitrogens with one attached hydrogen (secondary N) is 1. The van der Waals surface area contributed by atoms with Crippen molar-refractivity contribution in [3.63, 3.8) is 0 Å². The average molecular weight is 336 g/mol. The molecule has 124 valence electrons. The highest BCUT2D eigenvalue weighted by Gasteiger charge is 2.28. The molecular formula is C15H20N4O3S. The summed E-state index contributed by atoms with van der Waals surface area (Å²) in [5.41, 5.74) is 0.437. The molecule has 0 unspecified atom stereocenters. The van der Waals surface area contributed by atoms with Gasteiger partial charge in [-0.15, -0.1) is 10.2 Å². The van der Waals surface area contributed by atoms with E-state index < -0.39 is 21.5 Å². The number of fused-ring (bicyclic) bond motifs is 1. The lowest BCUT2D eigenvalue weighted by atomic mass is 9.86. The second-order valence-corrected chi connectivity index (χ2v) is 7.99. The van der Waals surface area contributed by atoms with E-state index in [9.17, 15) is 13.2 Å². The molecule has 8 heteroatoms. The summed E-state index contributed by atoms with van der Waals surface area (Å²) in [5, 5.41) is 10.2. The quantitative estimate of drug-likeness (QED) is 0.905. The van der Waals surface area contributed by atoms with Crippen molar-refractivity contribution in [1.29, 1.82) is 0 Å². The molecule has 0 saturated heterocycles. The van der Waals surface area contributed by atoms with Crippen LogP contribution in [0.4, 0.5) is 0 Å². The van der Waals surface area contributed by atoms with E-state index in [2.05, 4.69) is 22.4 Å². The topological polar surface area (TPSA) is 93.4 Å². The van der Waals surface area contributed by atoms with Crippen molar-refractivity contribution in [2.45, 2.75) is 43.8 Å². The normalized spacial score (nSPS) is 22.1.